The summed E-state index contributed by atoms with van der Waals surface area (Å²) in [5, 5.41) is 3.17. The fraction of sp³-hybridized carbons (Fsp3) is 0.500. The number of thiophene rings is 1. The van der Waals surface area contributed by atoms with E-state index in [1.165, 1.54) is 14.4 Å². The highest BCUT2D eigenvalue weighted by atomic mass is 79.9. The van der Waals surface area contributed by atoms with E-state index in [9.17, 15) is 4.79 Å². The van der Waals surface area contributed by atoms with Crippen molar-refractivity contribution in [3.05, 3.63) is 51.1 Å². The van der Waals surface area contributed by atoms with E-state index in [1.54, 1.807) is 11.3 Å². The highest BCUT2D eigenvalue weighted by Crippen LogP contribution is 2.24. The first-order chi connectivity index (χ1) is 14.2. The maximum atomic E-state index is 12.4. The molecule has 2 aromatic rings. The first-order valence-corrected chi connectivity index (χ1v) is 12.0. The van der Waals surface area contributed by atoms with Crippen LogP contribution in [0.2, 0.25) is 0 Å². The quantitative estimate of drug-likeness (QED) is 0.665. The summed E-state index contributed by atoms with van der Waals surface area (Å²) in [7, 11) is 0. The standard InChI is InChI=1S/C22H29BrN4OS/c23-21-7-6-20(29-21)16-25-10-12-26(13-11-25)17-22(28)24-14-18-8-9-27(15-18)19-4-2-1-3-5-19/h1-7,18H,8-17H2,(H,24,28). The molecule has 2 fully saturated rings. The molecule has 1 aromatic carbocycles. The van der Waals surface area contributed by atoms with Crippen LogP contribution in [0, 0.1) is 5.92 Å². The van der Waals surface area contributed by atoms with E-state index in [1.807, 2.05) is 0 Å². The number of nitrogens with zero attached hydrogens (tertiary/aromatic N) is 3. The Labute approximate surface area is 185 Å². The molecule has 7 heteroatoms. The van der Waals surface area contributed by atoms with Gasteiger partial charge in [0.1, 0.15) is 0 Å². The summed E-state index contributed by atoms with van der Waals surface area (Å²) in [6.07, 6.45) is 1.15. The molecule has 3 heterocycles. The Bertz CT molecular complexity index is 791. The molecule has 156 valence electrons. The van der Waals surface area contributed by atoms with Gasteiger partial charge in [-0.2, -0.15) is 0 Å². The zero-order valence-electron chi connectivity index (χ0n) is 16.7. The van der Waals surface area contributed by atoms with Crippen molar-refractivity contribution in [2.24, 2.45) is 5.92 Å². The van der Waals surface area contributed by atoms with Gasteiger partial charge in [0.15, 0.2) is 0 Å². The van der Waals surface area contributed by atoms with Crippen LogP contribution in [0.3, 0.4) is 0 Å². The van der Waals surface area contributed by atoms with Gasteiger partial charge < -0.3 is 10.2 Å². The van der Waals surface area contributed by atoms with Gasteiger partial charge in [-0.3, -0.25) is 14.6 Å². The van der Waals surface area contributed by atoms with Crippen molar-refractivity contribution < 1.29 is 4.79 Å². The van der Waals surface area contributed by atoms with Crippen molar-refractivity contribution in [2.45, 2.75) is 13.0 Å². The lowest BCUT2D eigenvalue weighted by Crippen LogP contribution is -2.49. The van der Waals surface area contributed by atoms with E-state index in [0.717, 1.165) is 58.8 Å². The number of piperazine rings is 1. The zero-order chi connectivity index (χ0) is 20.1. The van der Waals surface area contributed by atoms with Gasteiger partial charge in [0.05, 0.1) is 10.3 Å². The molecular formula is C22H29BrN4OS. The number of para-hydroxylation sites is 1. The molecule has 0 bridgehead atoms. The summed E-state index contributed by atoms with van der Waals surface area (Å²) in [6, 6.07) is 14.9. The molecule has 1 N–H and O–H groups in total. The predicted octanol–water partition coefficient (Wildman–Crippen LogP) is 3.27. The van der Waals surface area contributed by atoms with E-state index in [-0.39, 0.29) is 5.91 Å². The Morgan fingerprint density at radius 3 is 2.52 bits per heavy atom. The first-order valence-electron chi connectivity index (χ1n) is 10.4. The number of halogens is 1. The molecule has 0 aliphatic carbocycles. The van der Waals surface area contributed by atoms with E-state index in [2.05, 4.69) is 78.4 Å². The number of nitrogens with one attached hydrogen (secondary N) is 1. The second-order valence-corrected chi connectivity index (χ2v) is 10.5. The molecule has 29 heavy (non-hydrogen) atoms. The zero-order valence-corrected chi connectivity index (χ0v) is 19.1. The van der Waals surface area contributed by atoms with Gasteiger partial charge in [-0.1, -0.05) is 18.2 Å². The molecule has 1 unspecified atom stereocenters. The minimum atomic E-state index is 0.166. The summed E-state index contributed by atoms with van der Waals surface area (Å²) in [4.78, 5) is 21.0. The van der Waals surface area contributed by atoms with Gasteiger partial charge >= 0.3 is 0 Å². The van der Waals surface area contributed by atoms with Crippen LogP contribution < -0.4 is 10.2 Å². The van der Waals surface area contributed by atoms with Crippen LogP contribution in [0.15, 0.2) is 46.3 Å². The van der Waals surface area contributed by atoms with Crippen molar-refractivity contribution in [1.82, 2.24) is 15.1 Å². The number of benzene rings is 1. The number of carbonyl (C=O) groups excluding carboxylic acids is 1. The monoisotopic (exact) mass is 476 g/mol. The summed E-state index contributed by atoms with van der Waals surface area (Å²) in [6.45, 7) is 8.40. The highest BCUT2D eigenvalue weighted by molar-refractivity contribution is 9.11. The smallest absolute Gasteiger partial charge is 0.234 e. The molecule has 4 rings (SSSR count). The van der Waals surface area contributed by atoms with Crippen LogP contribution >= 0.6 is 27.3 Å². The molecule has 1 atom stereocenters. The number of anilines is 1. The molecule has 5 nitrogen and oxygen atoms in total. The minimum Gasteiger partial charge on any atom is -0.371 e. The third kappa shape index (κ3) is 6.04. The molecule has 2 saturated heterocycles. The van der Waals surface area contributed by atoms with Crippen LogP contribution in [0.25, 0.3) is 0 Å². The first kappa shape index (κ1) is 20.8. The fourth-order valence-corrected chi connectivity index (χ4v) is 5.68. The predicted molar refractivity (Wildman–Crippen MR) is 124 cm³/mol. The SMILES string of the molecule is O=C(CN1CCN(Cc2ccc(Br)s2)CC1)NCC1CCN(c2ccccc2)C1. The van der Waals surface area contributed by atoms with Gasteiger partial charge in [-0.15, -0.1) is 11.3 Å². The third-order valence-electron chi connectivity index (χ3n) is 5.84. The van der Waals surface area contributed by atoms with Crippen molar-refractivity contribution in [1.29, 1.82) is 0 Å². The summed E-state index contributed by atoms with van der Waals surface area (Å²) < 4.78 is 1.19. The van der Waals surface area contributed by atoms with E-state index in [0.29, 0.717) is 12.5 Å². The molecule has 2 aliphatic rings. The molecule has 2 aliphatic heterocycles. The van der Waals surface area contributed by atoms with E-state index >= 15 is 0 Å². The van der Waals surface area contributed by atoms with Crippen LogP contribution in [0.1, 0.15) is 11.3 Å². The summed E-state index contributed by atoms with van der Waals surface area (Å²) in [5.74, 6) is 0.708. The molecular weight excluding hydrogens is 448 g/mol. The Morgan fingerprint density at radius 2 is 1.79 bits per heavy atom. The fourth-order valence-electron chi connectivity index (χ4n) is 4.15. The molecule has 0 radical (unpaired) electrons. The largest absolute Gasteiger partial charge is 0.371 e. The minimum absolute atomic E-state index is 0.166. The average Bonchev–Trinajstić information content (AvgIpc) is 3.38. The van der Waals surface area contributed by atoms with Gasteiger partial charge in [0.2, 0.25) is 5.91 Å². The molecule has 1 amide bonds. The van der Waals surface area contributed by atoms with Crippen LogP contribution in [0.5, 0.6) is 0 Å². The van der Waals surface area contributed by atoms with E-state index in [4.69, 9.17) is 0 Å². The van der Waals surface area contributed by atoms with Crippen LogP contribution in [-0.4, -0.2) is 68.1 Å². The lowest BCUT2D eigenvalue weighted by atomic mass is 10.1. The van der Waals surface area contributed by atoms with Crippen molar-refractivity contribution in [2.75, 3.05) is 57.3 Å². The topological polar surface area (TPSA) is 38.8 Å². The second kappa shape index (κ2) is 10.1. The number of rotatable bonds is 7. The van der Waals surface area contributed by atoms with Crippen molar-refractivity contribution in [3.8, 4) is 0 Å². The van der Waals surface area contributed by atoms with Gasteiger partial charge in [0.25, 0.3) is 0 Å². The van der Waals surface area contributed by atoms with Gasteiger partial charge in [-0.25, -0.2) is 0 Å². The molecule has 0 saturated carbocycles. The third-order valence-corrected chi connectivity index (χ3v) is 7.44. The van der Waals surface area contributed by atoms with Crippen molar-refractivity contribution in [3.63, 3.8) is 0 Å². The van der Waals surface area contributed by atoms with Gasteiger partial charge in [0, 0.05) is 62.9 Å². The Hall–Kier alpha value is -1.41. The maximum Gasteiger partial charge on any atom is 0.234 e. The van der Waals surface area contributed by atoms with Crippen LogP contribution in [-0.2, 0) is 11.3 Å². The number of amides is 1. The molecule has 0 spiro atoms. The number of carbonyl (C=O) groups is 1. The summed E-state index contributed by atoms with van der Waals surface area (Å²) >= 11 is 5.34. The Kier molecular flexibility index (Phi) is 7.24. The van der Waals surface area contributed by atoms with Crippen molar-refractivity contribution >= 4 is 38.9 Å². The summed E-state index contributed by atoms with van der Waals surface area (Å²) in [5.41, 5.74) is 1.29. The number of hydrogen-bond donors (Lipinski definition) is 1. The maximum absolute atomic E-state index is 12.4. The average molecular weight is 477 g/mol. The normalized spacial score (nSPS) is 20.9. The second-order valence-electron chi connectivity index (χ2n) is 8.00. The molecule has 1 aromatic heterocycles. The lowest BCUT2D eigenvalue weighted by Gasteiger charge is -2.34. The lowest BCUT2D eigenvalue weighted by molar-refractivity contribution is -0.122. The van der Waals surface area contributed by atoms with Gasteiger partial charge in [-0.05, 0) is 52.5 Å². The van der Waals surface area contributed by atoms with E-state index < -0.39 is 0 Å². The Balaban J connectivity index is 1.13. The number of hydrogen-bond acceptors (Lipinski definition) is 5. The van der Waals surface area contributed by atoms with Crippen LogP contribution in [0.4, 0.5) is 5.69 Å². The Morgan fingerprint density at radius 1 is 1.03 bits per heavy atom. The highest BCUT2D eigenvalue weighted by Gasteiger charge is 2.24.